The molecule has 0 aromatic heterocycles. The van der Waals surface area contributed by atoms with Crippen LogP contribution in [0.4, 0.5) is 0 Å². The summed E-state index contributed by atoms with van der Waals surface area (Å²) in [5.41, 5.74) is 3.06. The molecular weight excluding hydrogens is 276 g/mol. The quantitative estimate of drug-likeness (QED) is 0.442. The SMILES string of the molecule is CC.CCC1CCC2C1CCC1C3(C)CCCCC3=CCC21C. The topological polar surface area (TPSA) is 0 Å². The molecule has 0 nitrogen and oxygen atoms in total. The molecule has 3 saturated carbocycles. The predicted molar refractivity (Wildman–Crippen MR) is 101 cm³/mol. The van der Waals surface area contributed by atoms with Crippen molar-refractivity contribution in [3.05, 3.63) is 11.6 Å². The highest BCUT2D eigenvalue weighted by molar-refractivity contribution is 5.26. The van der Waals surface area contributed by atoms with Gasteiger partial charge in [-0.05, 0) is 85.9 Å². The Morgan fingerprint density at radius 2 is 1.83 bits per heavy atom. The second kappa shape index (κ2) is 6.57. The molecule has 0 heterocycles. The molecule has 0 N–H and O–H groups in total. The summed E-state index contributed by atoms with van der Waals surface area (Å²) < 4.78 is 0. The van der Waals surface area contributed by atoms with Crippen LogP contribution in [-0.4, -0.2) is 0 Å². The molecule has 0 saturated heterocycles. The Hall–Kier alpha value is -0.260. The van der Waals surface area contributed by atoms with E-state index in [9.17, 15) is 0 Å². The van der Waals surface area contributed by atoms with E-state index in [1.807, 2.05) is 19.4 Å². The Kier molecular flexibility index (Phi) is 5.01. The van der Waals surface area contributed by atoms with Gasteiger partial charge in [0.15, 0.2) is 0 Å². The van der Waals surface area contributed by atoms with E-state index in [0.717, 1.165) is 23.7 Å². The van der Waals surface area contributed by atoms with Crippen LogP contribution in [0.3, 0.4) is 0 Å². The van der Waals surface area contributed by atoms with Crippen molar-refractivity contribution in [3.63, 3.8) is 0 Å². The van der Waals surface area contributed by atoms with E-state index in [2.05, 4.69) is 26.8 Å². The average Bonchev–Trinajstić information content (AvgIpc) is 3.00. The van der Waals surface area contributed by atoms with Crippen molar-refractivity contribution in [1.82, 2.24) is 0 Å². The Morgan fingerprint density at radius 1 is 1.04 bits per heavy atom. The lowest BCUT2D eigenvalue weighted by Crippen LogP contribution is -2.52. The lowest BCUT2D eigenvalue weighted by atomic mass is 9.44. The van der Waals surface area contributed by atoms with Gasteiger partial charge in [-0.1, -0.05) is 59.1 Å². The van der Waals surface area contributed by atoms with Gasteiger partial charge in [0, 0.05) is 0 Å². The normalized spacial score (nSPS) is 48.3. The zero-order valence-corrected chi connectivity index (χ0v) is 16.5. The van der Waals surface area contributed by atoms with E-state index in [1.165, 1.54) is 57.8 Å². The molecule has 0 aromatic carbocycles. The maximum absolute atomic E-state index is 2.72. The third-order valence-corrected chi connectivity index (χ3v) is 8.61. The largest absolute Gasteiger partial charge is 0.0842 e. The maximum atomic E-state index is 2.72. The zero-order valence-electron chi connectivity index (χ0n) is 16.5. The molecule has 4 aliphatic carbocycles. The lowest BCUT2D eigenvalue weighted by molar-refractivity contribution is -0.0665. The van der Waals surface area contributed by atoms with Gasteiger partial charge in [0.25, 0.3) is 0 Å². The summed E-state index contributed by atoms with van der Waals surface area (Å²) in [5, 5.41) is 0. The van der Waals surface area contributed by atoms with Gasteiger partial charge >= 0.3 is 0 Å². The summed E-state index contributed by atoms with van der Waals surface area (Å²) >= 11 is 0. The molecule has 0 heteroatoms. The summed E-state index contributed by atoms with van der Waals surface area (Å²) in [6.45, 7) is 11.8. The fourth-order valence-electron chi connectivity index (χ4n) is 7.53. The van der Waals surface area contributed by atoms with Gasteiger partial charge in [0.2, 0.25) is 0 Å². The molecule has 4 rings (SSSR count). The molecule has 0 aromatic rings. The molecule has 6 unspecified atom stereocenters. The number of rotatable bonds is 1. The van der Waals surface area contributed by atoms with Gasteiger partial charge in [-0.25, -0.2) is 0 Å². The second-order valence-electron chi connectivity index (χ2n) is 9.21. The summed E-state index contributed by atoms with van der Waals surface area (Å²) in [6.07, 6.45) is 17.5. The second-order valence-corrected chi connectivity index (χ2v) is 9.21. The van der Waals surface area contributed by atoms with Crippen LogP contribution in [0.25, 0.3) is 0 Å². The van der Waals surface area contributed by atoms with Gasteiger partial charge in [0.1, 0.15) is 0 Å². The molecule has 0 bridgehead atoms. The van der Waals surface area contributed by atoms with Crippen molar-refractivity contribution in [2.75, 3.05) is 0 Å². The fourth-order valence-corrected chi connectivity index (χ4v) is 7.53. The molecule has 0 spiro atoms. The van der Waals surface area contributed by atoms with E-state index < -0.39 is 0 Å². The molecule has 0 amide bonds. The Labute approximate surface area is 145 Å². The first kappa shape index (κ1) is 17.6. The third kappa shape index (κ3) is 2.54. The monoisotopic (exact) mass is 316 g/mol. The Bertz CT molecular complexity index is 447. The minimum atomic E-state index is 0.570. The standard InChI is InChI=1S/C21H34.C2H6/c1-4-15-8-10-18-17(15)9-11-19-20(2)13-6-5-7-16(20)12-14-21(18,19)3;1-2/h12,15,17-19H,4-11,13-14H2,1-3H3;1-2H3. The Balaban J connectivity index is 0.000000753. The van der Waals surface area contributed by atoms with E-state index in [1.54, 1.807) is 6.42 Å². The molecular formula is C23H40. The molecule has 132 valence electrons. The summed E-state index contributed by atoms with van der Waals surface area (Å²) in [5.74, 6) is 4.15. The van der Waals surface area contributed by atoms with Gasteiger partial charge in [-0.3, -0.25) is 0 Å². The highest BCUT2D eigenvalue weighted by Gasteiger charge is 2.58. The average molecular weight is 317 g/mol. The van der Waals surface area contributed by atoms with Crippen LogP contribution in [0.15, 0.2) is 11.6 Å². The smallest absolute Gasteiger partial charge is 0.00827 e. The first-order valence-electron chi connectivity index (χ1n) is 10.8. The van der Waals surface area contributed by atoms with Crippen molar-refractivity contribution in [2.45, 2.75) is 98.8 Å². The highest BCUT2D eigenvalue weighted by atomic mass is 14.6. The van der Waals surface area contributed by atoms with E-state index in [4.69, 9.17) is 0 Å². The number of hydrogen-bond donors (Lipinski definition) is 0. The van der Waals surface area contributed by atoms with Crippen molar-refractivity contribution >= 4 is 0 Å². The van der Waals surface area contributed by atoms with Crippen molar-refractivity contribution in [3.8, 4) is 0 Å². The molecule has 4 aliphatic rings. The van der Waals surface area contributed by atoms with Crippen molar-refractivity contribution in [1.29, 1.82) is 0 Å². The van der Waals surface area contributed by atoms with Crippen LogP contribution in [0, 0.1) is 34.5 Å². The molecule has 6 atom stereocenters. The van der Waals surface area contributed by atoms with Crippen LogP contribution in [0.1, 0.15) is 98.8 Å². The van der Waals surface area contributed by atoms with E-state index in [0.29, 0.717) is 10.8 Å². The van der Waals surface area contributed by atoms with Crippen LogP contribution in [-0.2, 0) is 0 Å². The first-order valence-corrected chi connectivity index (χ1v) is 10.8. The highest BCUT2D eigenvalue weighted by Crippen LogP contribution is 2.67. The maximum Gasteiger partial charge on any atom is -0.00827 e. The Morgan fingerprint density at radius 3 is 2.57 bits per heavy atom. The summed E-state index contributed by atoms with van der Waals surface area (Å²) in [7, 11) is 0. The van der Waals surface area contributed by atoms with Crippen molar-refractivity contribution in [2.24, 2.45) is 34.5 Å². The number of allylic oxidation sites excluding steroid dienone is 2. The van der Waals surface area contributed by atoms with E-state index >= 15 is 0 Å². The lowest BCUT2D eigenvalue weighted by Gasteiger charge is -2.60. The molecule has 0 aliphatic heterocycles. The molecule has 3 fully saturated rings. The summed E-state index contributed by atoms with van der Waals surface area (Å²) in [6, 6.07) is 0. The van der Waals surface area contributed by atoms with Crippen LogP contribution in [0.5, 0.6) is 0 Å². The van der Waals surface area contributed by atoms with E-state index in [-0.39, 0.29) is 0 Å². The van der Waals surface area contributed by atoms with Crippen LogP contribution < -0.4 is 0 Å². The van der Waals surface area contributed by atoms with Gasteiger partial charge in [-0.2, -0.15) is 0 Å². The minimum absolute atomic E-state index is 0.570. The van der Waals surface area contributed by atoms with Crippen LogP contribution >= 0.6 is 0 Å². The third-order valence-electron chi connectivity index (χ3n) is 8.61. The van der Waals surface area contributed by atoms with Crippen molar-refractivity contribution < 1.29 is 0 Å². The number of fused-ring (bicyclic) bond motifs is 5. The zero-order chi connectivity index (χ0) is 16.7. The molecule has 0 radical (unpaired) electrons. The first-order chi connectivity index (χ1) is 11.1. The summed E-state index contributed by atoms with van der Waals surface area (Å²) in [4.78, 5) is 0. The predicted octanol–water partition coefficient (Wildman–Crippen LogP) is 7.39. The number of hydrogen-bond acceptors (Lipinski definition) is 0. The minimum Gasteiger partial charge on any atom is -0.0842 e. The fraction of sp³-hybridized carbons (Fsp3) is 0.913. The van der Waals surface area contributed by atoms with Gasteiger partial charge in [-0.15, -0.1) is 0 Å². The van der Waals surface area contributed by atoms with Crippen LogP contribution in [0.2, 0.25) is 0 Å². The van der Waals surface area contributed by atoms with Gasteiger partial charge in [0.05, 0.1) is 0 Å². The van der Waals surface area contributed by atoms with Gasteiger partial charge < -0.3 is 0 Å². The molecule has 23 heavy (non-hydrogen) atoms.